The number of nitrogens with one attached hydrogen (secondary N) is 2. The number of aromatic nitrogens is 3. The SMILES string of the molecule is C[C@H]1C[C@@H](C(=O)Nc2ccc(-n3cnc4ccccc43)nc2)CCN1.Cl.Cl. The molecule has 2 atom stereocenters. The number of para-hydroxylation sites is 2. The Morgan fingerprint density at radius 3 is 2.74 bits per heavy atom. The Kier molecular flexibility index (Phi) is 7.18. The van der Waals surface area contributed by atoms with Crippen LogP contribution in [0, 0.1) is 5.92 Å². The molecule has 1 fully saturated rings. The maximum Gasteiger partial charge on any atom is 0.227 e. The van der Waals surface area contributed by atoms with Gasteiger partial charge < -0.3 is 10.6 Å². The molecular formula is C19H23Cl2N5O. The van der Waals surface area contributed by atoms with E-state index < -0.39 is 0 Å². The molecule has 27 heavy (non-hydrogen) atoms. The maximum atomic E-state index is 12.4. The molecule has 0 radical (unpaired) electrons. The summed E-state index contributed by atoms with van der Waals surface area (Å²) in [5, 5.41) is 6.36. The molecule has 0 aliphatic carbocycles. The molecule has 0 spiro atoms. The summed E-state index contributed by atoms with van der Waals surface area (Å²) in [7, 11) is 0. The number of pyridine rings is 1. The molecule has 1 amide bonds. The average Bonchev–Trinajstić information content (AvgIpc) is 3.06. The summed E-state index contributed by atoms with van der Waals surface area (Å²) in [5.74, 6) is 0.923. The first-order chi connectivity index (χ1) is 12.2. The van der Waals surface area contributed by atoms with Crippen molar-refractivity contribution in [3.63, 3.8) is 0 Å². The van der Waals surface area contributed by atoms with Gasteiger partial charge in [-0.05, 0) is 50.6 Å². The summed E-state index contributed by atoms with van der Waals surface area (Å²) < 4.78 is 1.94. The van der Waals surface area contributed by atoms with E-state index in [2.05, 4.69) is 27.5 Å². The van der Waals surface area contributed by atoms with Gasteiger partial charge >= 0.3 is 0 Å². The van der Waals surface area contributed by atoms with Crippen LogP contribution in [0.3, 0.4) is 0 Å². The van der Waals surface area contributed by atoms with Crippen LogP contribution in [0.15, 0.2) is 48.9 Å². The monoisotopic (exact) mass is 407 g/mol. The molecule has 3 heterocycles. The second-order valence-electron chi connectivity index (χ2n) is 6.57. The van der Waals surface area contributed by atoms with Crippen molar-refractivity contribution in [2.75, 3.05) is 11.9 Å². The van der Waals surface area contributed by atoms with Gasteiger partial charge in [-0.3, -0.25) is 9.36 Å². The van der Waals surface area contributed by atoms with E-state index in [9.17, 15) is 4.79 Å². The maximum absolute atomic E-state index is 12.4. The molecule has 1 aliphatic rings. The van der Waals surface area contributed by atoms with Gasteiger partial charge in [-0.2, -0.15) is 0 Å². The van der Waals surface area contributed by atoms with Crippen LogP contribution in [0.4, 0.5) is 5.69 Å². The Hall–Kier alpha value is -2.15. The number of hydrogen-bond donors (Lipinski definition) is 2. The molecule has 1 aromatic carbocycles. The van der Waals surface area contributed by atoms with E-state index in [1.807, 2.05) is 41.0 Å². The molecule has 0 bridgehead atoms. The Morgan fingerprint density at radius 1 is 1.19 bits per heavy atom. The van der Waals surface area contributed by atoms with Gasteiger partial charge in [0.25, 0.3) is 0 Å². The number of nitrogens with zero attached hydrogens (tertiary/aromatic N) is 3. The highest BCUT2D eigenvalue weighted by Gasteiger charge is 2.24. The molecule has 0 saturated carbocycles. The minimum atomic E-state index is 0. The number of fused-ring (bicyclic) bond motifs is 1. The minimum absolute atomic E-state index is 0. The number of rotatable bonds is 3. The predicted octanol–water partition coefficient (Wildman–Crippen LogP) is 3.59. The van der Waals surface area contributed by atoms with Crippen LogP contribution >= 0.6 is 24.8 Å². The number of hydrogen-bond acceptors (Lipinski definition) is 4. The molecule has 6 nitrogen and oxygen atoms in total. The van der Waals surface area contributed by atoms with Crippen molar-refractivity contribution < 1.29 is 4.79 Å². The summed E-state index contributed by atoms with van der Waals surface area (Å²) in [5.41, 5.74) is 2.67. The van der Waals surface area contributed by atoms with E-state index in [-0.39, 0.29) is 36.6 Å². The van der Waals surface area contributed by atoms with Gasteiger partial charge in [-0.1, -0.05) is 12.1 Å². The van der Waals surface area contributed by atoms with Crippen LogP contribution in [0.5, 0.6) is 0 Å². The number of benzene rings is 1. The van der Waals surface area contributed by atoms with Crippen molar-refractivity contribution in [2.45, 2.75) is 25.8 Å². The lowest BCUT2D eigenvalue weighted by atomic mass is 9.92. The number of carbonyl (C=O) groups is 1. The zero-order chi connectivity index (χ0) is 17.2. The summed E-state index contributed by atoms with van der Waals surface area (Å²) in [4.78, 5) is 21.3. The van der Waals surface area contributed by atoms with Gasteiger partial charge in [0.2, 0.25) is 5.91 Å². The van der Waals surface area contributed by atoms with Crippen molar-refractivity contribution in [1.82, 2.24) is 19.9 Å². The number of amides is 1. The molecule has 2 aromatic heterocycles. The van der Waals surface area contributed by atoms with Crippen molar-refractivity contribution in [3.8, 4) is 5.82 Å². The van der Waals surface area contributed by atoms with Crippen LogP contribution in [0.25, 0.3) is 16.9 Å². The largest absolute Gasteiger partial charge is 0.324 e. The van der Waals surface area contributed by atoms with Crippen LogP contribution < -0.4 is 10.6 Å². The first-order valence-electron chi connectivity index (χ1n) is 8.63. The number of anilines is 1. The van der Waals surface area contributed by atoms with E-state index in [1.54, 1.807) is 12.5 Å². The quantitative estimate of drug-likeness (QED) is 0.695. The Bertz CT molecular complexity index is 897. The molecule has 3 aromatic rings. The number of halogens is 2. The third kappa shape index (κ3) is 4.58. The lowest BCUT2D eigenvalue weighted by Gasteiger charge is -2.27. The lowest BCUT2D eigenvalue weighted by Crippen LogP contribution is -2.40. The average molecular weight is 408 g/mol. The highest BCUT2D eigenvalue weighted by atomic mass is 35.5. The van der Waals surface area contributed by atoms with E-state index in [0.29, 0.717) is 6.04 Å². The van der Waals surface area contributed by atoms with Gasteiger partial charge in [0.15, 0.2) is 0 Å². The van der Waals surface area contributed by atoms with Crippen LogP contribution in [-0.4, -0.2) is 33.0 Å². The molecule has 1 aliphatic heterocycles. The van der Waals surface area contributed by atoms with Gasteiger partial charge in [-0.15, -0.1) is 24.8 Å². The zero-order valence-electron chi connectivity index (χ0n) is 15.0. The van der Waals surface area contributed by atoms with E-state index in [0.717, 1.165) is 41.9 Å². The zero-order valence-corrected chi connectivity index (χ0v) is 16.6. The Morgan fingerprint density at radius 2 is 2.00 bits per heavy atom. The number of carbonyl (C=O) groups excluding carboxylic acids is 1. The molecule has 4 rings (SSSR count). The number of imidazole rings is 1. The molecule has 144 valence electrons. The van der Waals surface area contributed by atoms with E-state index >= 15 is 0 Å². The summed E-state index contributed by atoms with van der Waals surface area (Å²) in [6.07, 6.45) is 5.22. The first kappa shape index (κ1) is 21.2. The van der Waals surface area contributed by atoms with Crippen molar-refractivity contribution in [2.24, 2.45) is 5.92 Å². The normalized spacial score (nSPS) is 19.0. The fourth-order valence-corrected chi connectivity index (χ4v) is 3.36. The molecule has 2 N–H and O–H groups in total. The standard InChI is InChI=1S/C19H21N5O.2ClH/c1-13-10-14(8-9-20-13)19(25)23-15-6-7-18(21-11-15)24-12-22-16-4-2-3-5-17(16)24;;/h2-7,11-14,20H,8-10H2,1H3,(H,23,25);2*1H/t13-,14-;;/m0../s1. The summed E-state index contributed by atoms with van der Waals surface area (Å²) in [6.45, 7) is 3.01. The predicted molar refractivity (Wildman–Crippen MR) is 112 cm³/mol. The Labute approximate surface area is 170 Å². The molecule has 1 saturated heterocycles. The smallest absolute Gasteiger partial charge is 0.227 e. The van der Waals surface area contributed by atoms with Gasteiger partial charge in [0, 0.05) is 12.0 Å². The van der Waals surface area contributed by atoms with Crippen LogP contribution in [0.2, 0.25) is 0 Å². The van der Waals surface area contributed by atoms with Crippen molar-refractivity contribution >= 4 is 47.4 Å². The van der Waals surface area contributed by atoms with E-state index in [4.69, 9.17) is 0 Å². The highest BCUT2D eigenvalue weighted by molar-refractivity contribution is 5.92. The Balaban J connectivity index is 0.00000131. The van der Waals surface area contributed by atoms with Crippen molar-refractivity contribution in [1.29, 1.82) is 0 Å². The lowest BCUT2D eigenvalue weighted by molar-refractivity contribution is -0.120. The van der Waals surface area contributed by atoms with Crippen molar-refractivity contribution in [3.05, 3.63) is 48.9 Å². The molecule has 0 unspecified atom stereocenters. The van der Waals surface area contributed by atoms with Gasteiger partial charge in [0.1, 0.15) is 12.1 Å². The van der Waals surface area contributed by atoms with Crippen LogP contribution in [0.1, 0.15) is 19.8 Å². The second-order valence-corrected chi connectivity index (χ2v) is 6.57. The highest BCUT2D eigenvalue weighted by Crippen LogP contribution is 2.20. The fourth-order valence-electron chi connectivity index (χ4n) is 3.36. The van der Waals surface area contributed by atoms with E-state index in [1.165, 1.54) is 0 Å². The third-order valence-corrected chi connectivity index (χ3v) is 4.71. The molecule has 8 heteroatoms. The summed E-state index contributed by atoms with van der Waals surface area (Å²) in [6, 6.07) is 12.1. The van der Waals surface area contributed by atoms with Crippen LogP contribution in [-0.2, 0) is 4.79 Å². The third-order valence-electron chi connectivity index (χ3n) is 4.71. The number of piperidine rings is 1. The topological polar surface area (TPSA) is 71.8 Å². The first-order valence-corrected chi connectivity index (χ1v) is 8.63. The summed E-state index contributed by atoms with van der Waals surface area (Å²) >= 11 is 0. The van der Waals surface area contributed by atoms with Gasteiger partial charge in [-0.25, -0.2) is 9.97 Å². The molecular weight excluding hydrogens is 385 g/mol. The van der Waals surface area contributed by atoms with Gasteiger partial charge in [0.05, 0.1) is 22.9 Å². The fraction of sp³-hybridized carbons (Fsp3) is 0.316. The second kappa shape index (κ2) is 9.17. The minimum Gasteiger partial charge on any atom is -0.324 e.